The number of carbonyl (C=O) groups excluding carboxylic acids is 1. The van der Waals surface area contributed by atoms with Crippen molar-refractivity contribution in [2.24, 2.45) is 0 Å². The van der Waals surface area contributed by atoms with Gasteiger partial charge in [0.1, 0.15) is 5.82 Å². The summed E-state index contributed by atoms with van der Waals surface area (Å²) in [6.45, 7) is 5.63. The highest BCUT2D eigenvalue weighted by Gasteiger charge is 2.19. The summed E-state index contributed by atoms with van der Waals surface area (Å²) < 4.78 is 18.2. The molecular weight excluding hydrogens is 219 g/mol. The van der Waals surface area contributed by atoms with E-state index in [0.717, 1.165) is 0 Å². The highest BCUT2D eigenvalue weighted by atomic mass is 19.1. The summed E-state index contributed by atoms with van der Waals surface area (Å²) in [5, 5.41) is 0. The van der Waals surface area contributed by atoms with Gasteiger partial charge in [-0.2, -0.15) is 0 Å². The lowest BCUT2D eigenvalue weighted by molar-refractivity contribution is 0.0141. The van der Waals surface area contributed by atoms with Crippen LogP contribution in [0.15, 0.2) is 18.2 Å². The van der Waals surface area contributed by atoms with Gasteiger partial charge in [0.2, 0.25) is 0 Å². The lowest BCUT2D eigenvalue weighted by Gasteiger charge is -2.22. The van der Waals surface area contributed by atoms with Gasteiger partial charge in [-0.25, -0.2) is 4.39 Å². The standard InChI is InChI=1S/C14H19FO2/c1-10-9-11(15)5-6-12(10)13(16)7-8-14(2,3)17-4/h5-6,9H,7-8H2,1-4H3. The van der Waals surface area contributed by atoms with Crippen molar-refractivity contribution in [1.82, 2.24) is 0 Å². The van der Waals surface area contributed by atoms with Crippen LogP contribution in [-0.2, 0) is 4.74 Å². The molecule has 0 atom stereocenters. The van der Waals surface area contributed by atoms with Crippen LogP contribution in [0.2, 0.25) is 0 Å². The van der Waals surface area contributed by atoms with Crippen LogP contribution < -0.4 is 0 Å². The van der Waals surface area contributed by atoms with Gasteiger partial charge in [-0.3, -0.25) is 4.79 Å². The maximum Gasteiger partial charge on any atom is 0.163 e. The molecule has 0 aliphatic carbocycles. The van der Waals surface area contributed by atoms with Crippen LogP contribution in [0.4, 0.5) is 4.39 Å². The second-order valence-electron chi connectivity index (χ2n) is 4.85. The summed E-state index contributed by atoms with van der Waals surface area (Å²) in [6.07, 6.45) is 1.06. The summed E-state index contributed by atoms with van der Waals surface area (Å²) in [5.41, 5.74) is 0.979. The van der Waals surface area contributed by atoms with Gasteiger partial charge in [0.05, 0.1) is 5.60 Å². The van der Waals surface area contributed by atoms with E-state index in [1.165, 1.54) is 12.1 Å². The predicted molar refractivity (Wildman–Crippen MR) is 65.8 cm³/mol. The second kappa shape index (κ2) is 5.41. The molecule has 0 aliphatic heterocycles. The maximum atomic E-state index is 12.9. The molecule has 3 heteroatoms. The molecule has 0 saturated heterocycles. The SMILES string of the molecule is COC(C)(C)CCC(=O)c1ccc(F)cc1C. The molecule has 0 amide bonds. The Labute approximate surface area is 102 Å². The van der Waals surface area contributed by atoms with Crippen molar-refractivity contribution in [3.05, 3.63) is 35.1 Å². The molecule has 1 aromatic rings. The van der Waals surface area contributed by atoms with Gasteiger partial charge in [-0.15, -0.1) is 0 Å². The van der Waals surface area contributed by atoms with Gasteiger partial charge in [0.15, 0.2) is 5.78 Å². The summed E-state index contributed by atoms with van der Waals surface area (Å²) in [6, 6.07) is 4.25. The molecule has 0 aromatic heterocycles. The molecule has 0 unspecified atom stereocenters. The third-order valence-corrected chi connectivity index (χ3v) is 3.00. The second-order valence-corrected chi connectivity index (χ2v) is 4.85. The predicted octanol–water partition coefficient (Wildman–Crippen LogP) is 3.52. The number of hydrogen-bond donors (Lipinski definition) is 0. The third kappa shape index (κ3) is 3.93. The summed E-state index contributed by atoms with van der Waals surface area (Å²) in [4.78, 5) is 12.0. The average molecular weight is 238 g/mol. The van der Waals surface area contributed by atoms with Gasteiger partial charge in [-0.1, -0.05) is 0 Å². The zero-order valence-electron chi connectivity index (χ0n) is 10.8. The molecule has 0 bridgehead atoms. The van der Waals surface area contributed by atoms with Crippen molar-refractivity contribution in [3.8, 4) is 0 Å². The number of ether oxygens (including phenoxy) is 1. The first kappa shape index (κ1) is 13.8. The molecule has 0 N–H and O–H groups in total. The van der Waals surface area contributed by atoms with Crippen LogP contribution in [0.25, 0.3) is 0 Å². The molecule has 0 spiro atoms. The van der Waals surface area contributed by atoms with Crippen molar-refractivity contribution < 1.29 is 13.9 Å². The lowest BCUT2D eigenvalue weighted by atomic mass is 9.96. The largest absolute Gasteiger partial charge is 0.379 e. The van der Waals surface area contributed by atoms with E-state index < -0.39 is 0 Å². The number of ketones is 1. The fraction of sp³-hybridized carbons (Fsp3) is 0.500. The van der Waals surface area contributed by atoms with Gasteiger partial charge in [-0.05, 0) is 51.0 Å². The first-order valence-corrected chi connectivity index (χ1v) is 5.70. The van der Waals surface area contributed by atoms with Crippen LogP contribution >= 0.6 is 0 Å². The van der Waals surface area contributed by atoms with E-state index in [2.05, 4.69) is 0 Å². The van der Waals surface area contributed by atoms with Gasteiger partial charge < -0.3 is 4.74 Å². The Bertz CT molecular complexity index is 411. The van der Waals surface area contributed by atoms with Crippen molar-refractivity contribution in [2.75, 3.05) is 7.11 Å². The Balaban J connectivity index is 2.71. The molecule has 17 heavy (non-hydrogen) atoms. The third-order valence-electron chi connectivity index (χ3n) is 3.00. The molecule has 0 radical (unpaired) electrons. The highest BCUT2D eigenvalue weighted by Crippen LogP contribution is 2.19. The number of rotatable bonds is 5. The maximum absolute atomic E-state index is 12.9. The normalized spacial score (nSPS) is 11.6. The summed E-state index contributed by atoms with van der Waals surface area (Å²) >= 11 is 0. The highest BCUT2D eigenvalue weighted by molar-refractivity contribution is 5.97. The lowest BCUT2D eigenvalue weighted by Crippen LogP contribution is -2.23. The quantitative estimate of drug-likeness (QED) is 0.734. The fourth-order valence-electron chi connectivity index (χ4n) is 1.59. The zero-order chi connectivity index (χ0) is 13.1. The Morgan fingerprint density at radius 3 is 2.59 bits per heavy atom. The van der Waals surface area contributed by atoms with E-state index in [-0.39, 0.29) is 17.2 Å². The molecule has 1 rings (SSSR count). The number of carbonyl (C=O) groups is 1. The van der Waals surface area contributed by atoms with Gasteiger partial charge >= 0.3 is 0 Å². The van der Waals surface area contributed by atoms with E-state index in [1.54, 1.807) is 20.1 Å². The number of hydrogen-bond acceptors (Lipinski definition) is 2. The van der Waals surface area contributed by atoms with Gasteiger partial charge in [0, 0.05) is 19.1 Å². The van der Waals surface area contributed by atoms with Crippen molar-refractivity contribution in [1.29, 1.82) is 0 Å². The minimum atomic E-state index is -0.309. The van der Waals surface area contributed by atoms with E-state index in [4.69, 9.17) is 4.74 Å². The number of methoxy groups -OCH3 is 1. The van der Waals surface area contributed by atoms with Crippen molar-refractivity contribution in [2.45, 2.75) is 39.2 Å². The Kier molecular flexibility index (Phi) is 4.40. The minimum absolute atomic E-state index is 0.0348. The van der Waals surface area contributed by atoms with Crippen LogP contribution in [0, 0.1) is 12.7 Å². The van der Waals surface area contributed by atoms with E-state index >= 15 is 0 Å². The Morgan fingerprint density at radius 1 is 1.41 bits per heavy atom. The molecule has 0 aliphatic rings. The van der Waals surface area contributed by atoms with Crippen molar-refractivity contribution >= 4 is 5.78 Å². The molecule has 0 saturated carbocycles. The smallest absolute Gasteiger partial charge is 0.163 e. The minimum Gasteiger partial charge on any atom is -0.379 e. The first-order valence-electron chi connectivity index (χ1n) is 5.70. The summed E-state index contributed by atoms with van der Waals surface area (Å²) in [7, 11) is 1.63. The van der Waals surface area contributed by atoms with Crippen LogP contribution in [0.3, 0.4) is 0 Å². The molecule has 0 heterocycles. The van der Waals surface area contributed by atoms with Crippen molar-refractivity contribution in [3.63, 3.8) is 0 Å². The molecule has 0 fully saturated rings. The topological polar surface area (TPSA) is 26.3 Å². The Hall–Kier alpha value is -1.22. The number of halogens is 1. The monoisotopic (exact) mass is 238 g/mol. The van der Waals surface area contributed by atoms with Crippen LogP contribution in [-0.4, -0.2) is 18.5 Å². The molecule has 1 aromatic carbocycles. The van der Waals surface area contributed by atoms with E-state index in [0.29, 0.717) is 24.0 Å². The zero-order valence-corrected chi connectivity index (χ0v) is 10.8. The van der Waals surface area contributed by atoms with E-state index in [9.17, 15) is 9.18 Å². The Morgan fingerprint density at radius 2 is 2.06 bits per heavy atom. The molecule has 94 valence electrons. The first-order chi connectivity index (χ1) is 7.85. The fourth-order valence-corrected chi connectivity index (χ4v) is 1.59. The van der Waals surface area contributed by atoms with Gasteiger partial charge in [0.25, 0.3) is 0 Å². The number of Topliss-reactive ketones (excluding diaryl/α,β-unsaturated/α-hetero) is 1. The number of aryl methyl sites for hydroxylation is 1. The average Bonchev–Trinajstić information content (AvgIpc) is 2.26. The number of benzene rings is 1. The van der Waals surface area contributed by atoms with E-state index in [1.807, 2.05) is 13.8 Å². The molecular formula is C14H19FO2. The molecule has 2 nitrogen and oxygen atoms in total. The summed E-state index contributed by atoms with van der Waals surface area (Å²) in [5.74, 6) is -0.274. The van der Waals surface area contributed by atoms with Crippen LogP contribution in [0.1, 0.15) is 42.6 Å². The van der Waals surface area contributed by atoms with Crippen LogP contribution in [0.5, 0.6) is 0 Å².